The highest BCUT2D eigenvalue weighted by molar-refractivity contribution is 7.09. The monoisotopic (exact) mass is 449 g/mol. The fraction of sp³-hybridized carbons (Fsp3) is 0.320. The molecule has 1 aromatic heterocycles. The van der Waals surface area contributed by atoms with Crippen LogP contribution in [0.25, 0.3) is 11.3 Å². The van der Waals surface area contributed by atoms with Gasteiger partial charge in [0, 0.05) is 23.2 Å². The Morgan fingerprint density at radius 2 is 2.00 bits per heavy atom. The van der Waals surface area contributed by atoms with E-state index in [1.807, 2.05) is 75.5 Å². The fourth-order valence-electron chi connectivity index (χ4n) is 3.92. The second-order valence-corrected chi connectivity index (χ2v) is 8.91. The summed E-state index contributed by atoms with van der Waals surface area (Å²) in [6.07, 6.45) is -0.0672. The van der Waals surface area contributed by atoms with E-state index < -0.39 is 6.10 Å². The summed E-state index contributed by atoms with van der Waals surface area (Å²) in [5, 5.41) is 2.96. The van der Waals surface area contributed by atoms with E-state index in [2.05, 4.69) is 4.98 Å². The zero-order valence-corrected chi connectivity index (χ0v) is 19.6. The molecule has 2 amide bonds. The maximum Gasteiger partial charge on any atom is 0.268 e. The largest absolute Gasteiger partial charge is 0.478 e. The maximum atomic E-state index is 13.3. The minimum atomic E-state index is -0.600. The Labute approximate surface area is 192 Å². The number of nitrogens with zero attached hydrogens (tertiary/aromatic N) is 3. The zero-order chi connectivity index (χ0) is 22.8. The summed E-state index contributed by atoms with van der Waals surface area (Å²) in [6.45, 7) is 8.27. The molecule has 1 aliphatic heterocycles. The fourth-order valence-corrected chi connectivity index (χ4v) is 4.54. The molecule has 0 N–H and O–H groups in total. The lowest BCUT2D eigenvalue weighted by atomic mass is 10.1. The number of hydrogen-bond acceptors (Lipinski definition) is 5. The average Bonchev–Trinajstić information content (AvgIpc) is 3.22. The second-order valence-electron chi connectivity index (χ2n) is 7.85. The van der Waals surface area contributed by atoms with E-state index in [0.717, 1.165) is 27.5 Å². The van der Waals surface area contributed by atoms with Gasteiger partial charge in [0.2, 0.25) is 5.91 Å². The van der Waals surface area contributed by atoms with Crippen molar-refractivity contribution in [2.24, 2.45) is 0 Å². The number of carbonyl (C=O) groups excluding carboxylic acids is 2. The molecule has 6 nitrogen and oxygen atoms in total. The first-order chi connectivity index (χ1) is 15.4. The molecule has 0 bridgehead atoms. The molecule has 0 saturated carbocycles. The van der Waals surface area contributed by atoms with E-state index in [-0.39, 0.29) is 18.4 Å². The number of thiazole rings is 1. The quantitative estimate of drug-likeness (QED) is 0.532. The SMILES string of the molecule is CCC1Oc2ccc(-c3csc(C)n3)cc2N(CC(=O)N(CC)c2cccc(C)c2)C1=O. The van der Waals surface area contributed by atoms with Crippen LogP contribution in [-0.2, 0) is 9.59 Å². The van der Waals surface area contributed by atoms with Gasteiger partial charge in [-0.1, -0.05) is 19.1 Å². The number of amides is 2. The van der Waals surface area contributed by atoms with Crippen LogP contribution >= 0.6 is 11.3 Å². The number of anilines is 2. The summed E-state index contributed by atoms with van der Waals surface area (Å²) in [6, 6.07) is 13.5. The van der Waals surface area contributed by atoms with Crippen molar-refractivity contribution in [3.8, 4) is 17.0 Å². The highest BCUT2D eigenvalue weighted by Gasteiger charge is 2.35. The standard InChI is InChI=1S/C25H27N3O3S/c1-5-22-25(30)28(14-24(29)27(6-2)19-9-7-8-16(3)12-19)21-13-18(10-11-23(21)31-22)20-15-32-17(4)26-20/h7-13,15,22H,5-6,14H2,1-4H3. The van der Waals surface area contributed by atoms with Crippen molar-refractivity contribution < 1.29 is 14.3 Å². The second kappa shape index (κ2) is 9.12. The van der Waals surface area contributed by atoms with Crippen molar-refractivity contribution >= 4 is 34.5 Å². The Hall–Kier alpha value is -3.19. The minimum absolute atomic E-state index is 0.0486. The number of rotatable bonds is 6. The van der Waals surface area contributed by atoms with Crippen LogP contribution in [0.3, 0.4) is 0 Å². The van der Waals surface area contributed by atoms with E-state index in [1.165, 1.54) is 0 Å². The summed E-state index contributed by atoms with van der Waals surface area (Å²) in [5.41, 5.74) is 4.26. The van der Waals surface area contributed by atoms with Crippen molar-refractivity contribution in [2.45, 2.75) is 40.2 Å². The van der Waals surface area contributed by atoms with Crippen LogP contribution in [0.15, 0.2) is 47.8 Å². The molecule has 7 heteroatoms. The summed E-state index contributed by atoms with van der Waals surface area (Å²) >= 11 is 1.57. The van der Waals surface area contributed by atoms with Crippen molar-refractivity contribution in [2.75, 3.05) is 22.9 Å². The first-order valence-corrected chi connectivity index (χ1v) is 11.7. The minimum Gasteiger partial charge on any atom is -0.478 e. The number of benzene rings is 2. The van der Waals surface area contributed by atoms with Crippen LogP contribution in [0, 0.1) is 13.8 Å². The summed E-state index contributed by atoms with van der Waals surface area (Å²) < 4.78 is 5.95. The van der Waals surface area contributed by atoms with E-state index in [1.54, 1.807) is 21.1 Å². The molecule has 0 fully saturated rings. The number of carbonyl (C=O) groups is 2. The van der Waals surface area contributed by atoms with Gasteiger partial charge in [0.25, 0.3) is 5.91 Å². The Morgan fingerprint density at radius 1 is 1.19 bits per heavy atom. The van der Waals surface area contributed by atoms with Crippen molar-refractivity contribution in [1.82, 2.24) is 4.98 Å². The molecule has 1 aliphatic rings. The van der Waals surface area contributed by atoms with Gasteiger partial charge in [0.15, 0.2) is 6.10 Å². The summed E-state index contributed by atoms with van der Waals surface area (Å²) in [5.74, 6) is 0.280. The van der Waals surface area contributed by atoms with Gasteiger partial charge in [-0.15, -0.1) is 11.3 Å². The molecule has 32 heavy (non-hydrogen) atoms. The summed E-state index contributed by atoms with van der Waals surface area (Å²) in [4.78, 5) is 34.4. The van der Waals surface area contributed by atoms with Gasteiger partial charge >= 0.3 is 0 Å². The van der Waals surface area contributed by atoms with Crippen LogP contribution in [-0.4, -0.2) is 36.0 Å². The summed E-state index contributed by atoms with van der Waals surface area (Å²) in [7, 11) is 0. The molecule has 1 unspecified atom stereocenters. The molecule has 166 valence electrons. The predicted molar refractivity (Wildman–Crippen MR) is 129 cm³/mol. The van der Waals surface area contributed by atoms with Crippen LogP contribution in [0.5, 0.6) is 5.75 Å². The number of aryl methyl sites for hydroxylation is 2. The van der Waals surface area contributed by atoms with Gasteiger partial charge in [-0.25, -0.2) is 4.98 Å². The molecule has 4 rings (SSSR count). The van der Waals surface area contributed by atoms with E-state index >= 15 is 0 Å². The van der Waals surface area contributed by atoms with Gasteiger partial charge in [0.05, 0.1) is 16.4 Å². The smallest absolute Gasteiger partial charge is 0.268 e. The van der Waals surface area contributed by atoms with Crippen LogP contribution < -0.4 is 14.5 Å². The van der Waals surface area contributed by atoms with Crippen LogP contribution in [0.2, 0.25) is 0 Å². The number of ether oxygens (including phenoxy) is 1. The third-order valence-electron chi connectivity index (χ3n) is 5.57. The molecular formula is C25H27N3O3S. The Bertz CT molecular complexity index is 1160. The molecule has 0 radical (unpaired) electrons. The van der Waals surface area contributed by atoms with Crippen molar-refractivity contribution in [3.05, 3.63) is 58.4 Å². The molecule has 0 spiro atoms. The number of aromatic nitrogens is 1. The third kappa shape index (κ3) is 4.25. The van der Waals surface area contributed by atoms with Crippen LogP contribution in [0.1, 0.15) is 30.8 Å². The van der Waals surface area contributed by atoms with Gasteiger partial charge in [-0.05, 0) is 63.1 Å². The Kier molecular flexibility index (Phi) is 6.28. The predicted octanol–water partition coefficient (Wildman–Crippen LogP) is 4.98. The lowest BCUT2D eigenvalue weighted by Gasteiger charge is -2.35. The lowest BCUT2D eigenvalue weighted by molar-refractivity contribution is -0.128. The zero-order valence-electron chi connectivity index (χ0n) is 18.8. The van der Waals surface area contributed by atoms with Crippen LogP contribution in [0.4, 0.5) is 11.4 Å². The van der Waals surface area contributed by atoms with Crippen molar-refractivity contribution in [1.29, 1.82) is 0 Å². The Morgan fingerprint density at radius 3 is 2.66 bits per heavy atom. The molecular weight excluding hydrogens is 422 g/mol. The molecule has 2 aromatic carbocycles. The van der Waals surface area contributed by atoms with Gasteiger partial charge in [-0.2, -0.15) is 0 Å². The van der Waals surface area contributed by atoms with E-state index in [0.29, 0.717) is 24.4 Å². The van der Waals surface area contributed by atoms with Gasteiger partial charge in [0.1, 0.15) is 12.3 Å². The number of likely N-dealkylation sites (N-methyl/N-ethyl adjacent to an activating group) is 1. The van der Waals surface area contributed by atoms with Gasteiger partial charge < -0.3 is 9.64 Å². The molecule has 2 heterocycles. The third-order valence-corrected chi connectivity index (χ3v) is 6.34. The Balaban J connectivity index is 1.69. The molecule has 3 aromatic rings. The average molecular weight is 450 g/mol. The topological polar surface area (TPSA) is 62.7 Å². The number of fused-ring (bicyclic) bond motifs is 1. The maximum absolute atomic E-state index is 13.3. The van der Waals surface area contributed by atoms with E-state index in [9.17, 15) is 9.59 Å². The van der Waals surface area contributed by atoms with Crippen molar-refractivity contribution in [3.63, 3.8) is 0 Å². The highest BCUT2D eigenvalue weighted by Crippen LogP contribution is 2.38. The highest BCUT2D eigenvalue weighted by atomic mass is 32.1. The molecule has 0 aliphatic carbocycles. The lowest BCUT2D eigenvalue weighted by Crippen LogP contribution is -2.50. The molecule has 1 atom stereocenters. The normalized spacial score (nSPS) is 15.3. The van der Waals surface area contributed by atoms with E-state index in [4.69, 9.17) is 4.74 Å². The number of hydrogen-bond donors (Lipinski definition) is 0. The first kappa shape index (κ1) is 22.0. The first-order valence-electron chi connectivity index (χ1n) is 10.8. The van der Waals surface area contributed by atoms with Gasteiger partial charge in [-0.3, -0.25) is 14.5 Å². The molecule has 0 saturated heterocycles.